The van der Waals surface area contributed by atoms with Gasteiger partial charge in [-0.15, -0.1) is 0 Å². The quantitative estimate of drug-likeness (QED) is 0.846. The van der Waals surface area contributed by atoms with E-state index in [-0.39, 0.29) is 0 Å². The molecule has 4 heteroatoms. The Morgan fingerprint density at radius 3 is 2.46 bits per heavy atom. The molecule has 1 aromatic heterocycles. The van der Waals surface area contributed by atoms with Crippen molar-refractivity contribution in [3.05, 3.63) is 47.5 Å². The molecule has 0 unspecified atom stereocenters. The third kappa shape index (κ3) is 2.80. The normalized spacial score (nSPS) is 29.3. The van der Waals surface area contributed by atoms with Gasteiger partial charge in [-0.1, -0.05) is 44.2 Å². The molecule has 2 heterocycles. The molecule has 2 aromatic rings. The number of oxazole rings is 1. The number of hydrogen-bond acceptors (Lipinski definition) is 4. The highest BCUT2D eigenvalue weighted by atomic mass is 16.4. The van der Waals surface area contributed by atoms with Crippen LogP contribution in [0.2, 0.25) is 0 Å². The maximum atomic E-state index is 9.48. The Hall–Kier alpha value is -2.28. The SMILES string of the molecule is C[C@H]1C[C@H](C)CN(c2oc([C@@H]3C[C@@H]3c3ccccc3)nc2C#N)C1. The van der Waals surface area contributed by atoms with Gasteiger partial charge in [-0.25, -0.2) is 4.98 Å². The number of nitriles is 1. The molecule has 1 saturated carbocycles. The van der Waals surface area contributed by atoms with Crippen molar-refractivity contribution in [3.8, 4) is 6.07 Å². The summed E-state index contributed by atoms with van der Waals surface area (Å²) < 4.78 is 6.11. The molecular formula is C20H23N3O. The molecule has 0 amide bonds. The van der Waals surface area contributed by atoms with Crippen LogP contribution in [0.5, 0.6) is 0 Å². The van der Waals surface area contributed by atoms with Gasteiger partial charge in [0.05, 0.1) is 0 Å². The Balaban J connectivity index is 1.57. The fourth-order valence-corrected chi connectivity index (χ4v) is 4.14. The van der Waals surface area contributed by atoms with E-state index in [4.69, 9.17) is 4.42 Å². The second-order valence-corrected chi connectivity index (χ2v) is 7.53. The second kappa shape index (κ2) is 5.98. The van der Waals surface area contributed by atoms with Gasteiger partial charge in [-0.05, 0) is 36.2 Å². The first-order valence-electron chi connectivity index (χ1n) is 8.86. The zero-order valence-electron chi connectivity index (χ0n) is 14.3. The van der Waals surface area contributed by atoms with Crippen molar-refractivity contribution in [2.45, 2.75) is 38.5 Å². The molecule has 2 fully saturated rings. The average Bonchev–Trinajstić information content (AvgIpc) is 3.26. The highest BCUT2D eigenvalue weighted by Gasteiger charge is 2.44. The Kier molecular flexibility index (Phi) is 3.80. The first-order chi connectivity index (χ1) is 11.7. The molecule has 0 spiro atoms. The van der Waals surface area contributed by atoms with Crippen LogP contribution in [0, 0.1) is 23.2 Å². The van der Waals surface area contributed by atoms with Crippen molar-refractivity contribution >= 4 is 5.88 Å². The third-order valence-corrected chi connectivity index (χ3v) is 5.22. The smallest absolute Gasteiger partial charge is 0.234 e. The summed E-state index contributed by atoms with van der Waals surface area (Å²) in [5.74, 6) is 3.45. The third-order valence-electron chi connectivity index (χ3n) is 5.22. The van der Waals surface area contributed by atoms with Gasteiger partial charge in [-0.2, -0.15) is 5.26 Å². The van der Waals surface area contributed by atoms with Crippen LogP contribution in [-0.2, 0) is 0 Å². The fourth-order valence-electron chi connectivity index (χ4n) is 4.14. The van der Waals surface area contributed by atoms with Gasteiger partial charge in [0.1, 0.15) is 6.07 Å². The minimum atomic E-state index is 0.313. The lowest BCUT2D eigenvalue weighted by Crippen LogP contribution is -2.38. The van der Waals surface area contributed by atoms with E-state index in [0.29, 0.717) is 35.2 Å². The monoisotopic (exact) mass is 321 g/mol. The molecule has 0 radical (unpaired) electrons. The molecule has 0 N–H and O–H groups in total. The maximum absolute atomic E-state index is 9.48. The predicted molar refractivity (Wildman–Crippen MR) is 92.9 cm³/mol. The van der Waals surface area contributed by atoms with Gasteiger partial charge in [-0.3, -0.25) is 0 Å². The lowest BCUT2D eigenvalue weighted by Gasteiger charge is -2.34. The topological polar surface area (TPSA) is 53.1 Å². The number of anilines is 1. The maximum Gasteiger partial charge on any atom is 0.234 e. The summed E-state index contributed by atoms with van der Waals surface area (Å²) in [7, 11) is 0. The van der Waals surface area contributed by atoms with Crippen molar-refractivity contribution in [2.24, 2.45) is 11.8 Å². The highest BCUT2D eigenvalue weighted by Crippen LogP contribution is 2.55. The number of piperidine rings is 1. The standard InChI is InChI=1S/C20H23N3O/c1-13-8-14(2)12-23(11-13)20-18(10-21)22-19(24-20)17-9-16(17)15-6-4-3-5-7-15/h3-7,13-14,16-17H,8-9,11-12H2,1-2H3/t13-,14-,16+,17+/m0/s1. The molecule has 1 aliphatic heterocycles. The summed E-state index contributed by atoms with van der Waals surface area (Å²) in [4.78, 5) is 6.74. The number of rotatable bonds is 3. The van der Waals surface area contributed by atoms with E-state index in [1.165, 1.54) is 12.0 Å². The van der Waals surface area contributed by atoms with Crippen LogP contribution in [0.4, 0.5) is 5.88 Å². The van der Waals surface area contributed by atoms with E-state index >= 15 is 0 Å². The minimum Gasteiger partial charge on any atom is -0.423 e. The van der Waals surface area contributed by atoms with Crippen LogP contribution in [0.1, 0.15) is 55.7 Å². The lowest BCUT2D eigenvalue weighted by molar-refractivity contribution is 0.340. The summed E-state index contributed by atoms with van der Waals surface area (Å²) in [6.45, 7) is 6.41. The van der Waals surface area contributed by atoms with Crippen molar-refractivity contribution < 1.29 is 4.42 Å². The highest BCUT2D eigenvalue weighted by molar-refractivity contribution is 5.49. The Bertz CT molecular complexity index is 751. The zero-order chi connectivity index (χ0) is 16.7. The van der Waals surface area contributed by atoms with E-state index < -0.39 is 0 Å². The second-order valence-electron chi connectivity index (χ2n) is 7.53. The van der Waals surface area contributed by atoms with Gasteiger partial charge >= 0.3 is 0 Å². The Morgan fingerprint density at radius 2 is 1.79 bits per heavy atom. The van der Waals surface area contributed by atoms with E-state index in [1.54, 1.807) is 0 Å². The predicted octanol–water partition coefficient (Wildman–Crippen LogP) is 4.30. The molecule has 1 aromatic carbocycles. The molecule has 1 aliphatic carbocycles. The average molecular weight is 321 g/mol. The van der Waals surface area contributed by atoms with Crippen LogP contribution < -0.4 is 4.90 Å². The summed E-state index contributed by atoms with van der Waals surface area (Å²) in [6, 6.07) is 12.7. The number of nitrogens with zero attached hydrogens (tertiary/aromatic N) is 3. The van der Waals surface area contributed by atoms with E-state index in [2.05, 4.69) is 54.1 Å². The molecule has 124 valence electrons. The molecule has 0 bridgehead atoms. The molecule has 4 nitrogen and oxygen atoms in total. The van der Waals surface area contributed by atoms with Gasteiger partial charge in [0.15, 0.2) is 0 Å². The number of hydrogen-bond donors (Lipinski definition) is 0. The van der Waals surface area contributed by atoms with E-state index in [9.17, 15) is 5.26 Å². The van der Waals surface area contributed by atoms with Crippen molar-refractivity contribution in [3.63, 3.8) is 0 Å². The van der Waals surface area contributed by atoms with Crippen LogP contribution >= 0.6 is 0 Å². The summed E-state index contributed by atoms with van der Waals surface area (Å²) in [6.07, 6.45) is 2.29. The van der Waals surface area contributed by atoms with Crippen molar-refractivity contribution in [1.82, 2.24) is 4.98 Å². The van der Waals surface area contributed by atoms with Crippen LogP contribution in [0.15, 0.2) is 34.7 Å². The van der Waals surface area contributed by atoms with Gasteiger partial charge in [0.2, 0.25) is 17.5 Å². The zero-order valence-corrected chi connectivity index (χ0v) is 14.3. The van der Waals surface area contributed by atoms with Gasteiger partial charge in [0, 0.05) is 19.0 Å². The fraction of sp³-hybridized carbons (Fsp3) is 0.500. The first kappa shape index (κ1) is 15.3. The lowest BCUT2D eigenvalue weighted by atomic mass is 9.92. The summed E-state index contributed by atoms with van der Waals surface area (Å²) >= 11 is 0. The molecule has 4 atom stereocenters. The van der Waals surface area contributed by atoms with Crippen molar-refractivity contribution in [1.29, 1.82) is 5.26 Å². The molecule has 1 saturated heterocycles. The summed E-state index contributed by atoms with van der Waals surface area (Å²) in [5.41, 5.74) is 1.78. The molecule has 4 rings (SSSR count). The molecular weight excluding hydrogens is 298 g/mol. The van der Waals surface area contributed by atoms with Crippen molar-refractivity contribution in [2.75, 3.05) is 18.0 Å². The van der Waals surface area contributed by atoms with Crippen LogP contribution in [0.25, 0.3) is 0 Å². The van der Waals surface area contributed by atoms with Gasteiger partial charge in [0.25, 0.3) is 0 Å². The summed E-state index contributed by atoms with van der Waals surface area (Å²) in [5, 5.41) is 9.48. The molecule has 2 aliphatic rings. The Labute approximate surface area is 143 Å². The largest absolute Gasteiger partial charge is 0.423 e. The van der Waals surface area contributed by atoms with E-state index in [0.717, 1.165) is 25.4 Å². The van der Waals surface area contributed by atoms with Gasteiger partial charge < -0.3 is 9.32 Å². The molecule has 24 heavy (non-hydrogen) atoms. The van der Waals surface area contributed by atoms with Crippen LogP contribution in [0.3, 0.4) is 0 Å². The first-order valence-corrected chi connectivity index (χ1v) is 8.86. The minimum absolute atomic E-state index is 0.313. The van der Waals surface area contributed by atoms with Crippen LogP contribution in [-0.4, -0.2) is 18.1 Å². The Morgan fingerprint density at radius 1 is 1.08 bits per heavy atom. The number of benzene rings is 1. The number of aromatic nitrogens is 1. The van der Waals surface area contributed by atoms with E-state index in [1.807, 2.05) is 6.07 Å².